The van der Waals surface area contributed by atoms with Crippen LogP contribution in [0, 0.1) is 13.8 Å². The summed E-state index contributed by atoms with van der Waals surface area (Å²) >= 11 is 1.44. The van der Waals surface area contributed by atoms with Gasteiger partial charge in [-0.3, -0.25) is 14.2 Å². The molecular weight excluding hydrogens is 422 g/mol. The number of methoxy groups -OCH3 is 1. The number of hydrogen-bond donors (Lipinski definition) is 1. The molecule has 4 rings (SSSR count). The molecule has 164 valence electrons. The first-order valence-corrected chi connectivity index (χ1v) is 11.3. The van der Waals surface area contributed by atoms with E-state index in [4.69, 9.17) is 4.74 Å². The number of amides is 1. The zero-order valence-corrected chi connectivity index (χ0v) is 19.2. The molecule has 2 aromatic heterocycles. The van der Waals surface area contributed by atoms with Gasteiger partial charge in [0, 0.05) is 17.5 Å². The quantitative estimate of drug-likeness (QED) is 0.463. The molecule has 0 aliphatic carbocycles. The molecule has 0 radical (unpaired) electrons. The number of nitrogens with one attached hydrogen (secondary N) is 1. The van der Waals surface area contributed by atoms with Crippen molar-refractivity contribution in [1.82, 2.24) is 14.9 Å². The molecule has 4 aromatic rings. The monoisotopic (exact) mass is 447 g/mol. The Morgan fingerprint density at radius 2 is 1.97 bits per heavy atom. The highest BCUT2D eigenvalue weighted by Gasteiger charge is 2.15. The van der Waals surface area contributed by atoms with Crippen LogP contribution in [0.5, 0.6) is 5.75 Å². The first kappa shape index (κ1) is 21.8. The average Bonchev–Trinajstić information content (AvgIpc) is 3.23. The lowest BCUT2D eigenvalue weighted by atomic mass is 10.0. The second-order valence-electron chi connectivity index (χ2n) is 7.72. The Bertz CT molecular complexity index is 1340. The number of thiophene rings is 1. The molecule has 1 N–H and O–H groups in total. The summed E-state index contributed by atoms with van der Waals surface area (Å²) in [5, 5.41) is 5.40. The SMILES string of the molecule is COc1ccccc1CCNC(=O)Cn1cnc2scc(-c3ccc(C)c(C)c3)c2c1=O. The molecule has 0 atom stereocenters. The fourth-order valence-corrected chi connectivity index (χ4v) is 4.56. The van der Waals surface area contributed by atoms with Gasteiger partial charge in [0.05, 0.1) is 18.8 Å². The summed E-state index contributed by atoms with van der Waals surface area (Å²) < 4.78 is 6.72. The predicted molar refractivity (Wildman–Crippen MR) is 128 cm³/mol. The standard InChI is InChI=1S/C25H25N3O3S/c1-16-8-9-19(12-17(16)2)20-14-32-24-23(20)25(30)28(15-27-24)13-22(29)26-11-10-18-6-4-5-7-21(18)31-3/h4-9,12,14-15H,10-11,13H2,1-3H3,(H,26,29). The van der Waals surface area contributed by atoms with Gasteiger partial charge in [-0.25, -0.2) is 4.98 Å². The Morgan fingerprint density at radius 3 is 2.75 bits per heavy atom. The zero-order chi connectivity index (χ0) is 22.7. The molecule has 0 aliphatic rings. The van der Waals surface area contributed by atoms with Gasteiger partial charge in [-0.1, -0.05) is 36.4 Å². The number of hydrogen-bond acceptors (Lipinski definition) is 5. The Morgan fingerprint density at radius 1 is 1.16 bits per heavy atom. The van der Waals surface area contributed by atoms with Crippen molar-refractivity contribution in [3.8, 4) is 16.9 Å². The van der Waals surface area contributed by atoms with E-state index >= 15 is 0 Å². The first-order chi connectivity index (χ1) is 15.5. The molecule has 0 bridgehead atoms. The number of para-hydroxylation sites is 1. The van der Waals surface area contributed by atoms with Crippen molar-refractivity contribution in [3.05, 3.63) is 81.2 Å². The van der Waals surface area contributed by atoms with Gasteiger partial charge < -0.3 is 10.1 Å². The van der Waals surface area contributed by atoms with Gasteiger partial charge in [0.2, 0.25) is 5.91 Å². The molecule has 1 amide bonds. The molecule has 0 spiro atoms. The maximum Gasteiger partial charge on any atom is 0.263 e. The number of aromatic nitrogens is 2. The fraction of sp³-hybridized carbons (Fsp3) is 0.240. The number of nitrogens with zero attached hydrogens (tertiary/aromatic N) is 2. The van der Waals surface area contributed by atoms with Crippen molar-refractivity contribution >= 4 is 27.5 Å². The molecule has 0 unspecified atom stereocenters. The van der Waals surface area contributed by atoms with Crippen molar-refractivity contribution in [1.29, 1.82) is 0 Å². The molecule has 0 aliphatic heterocycles. The second kappa shape index (κ2) is 9.36. The number of benzene rings is 2. The molecule has 2 aromatic carbocycles. The van der Waals surface area contributed by atoms with E-state index < -0.39 is 0 Å². The Kier molecular flexibility index (Phi) is 6.37. The van der Waals surface area contributed by atoms with Gasteiger partial charge in [0.1, 0.15) is 17.1 Å². The molecule has 0 saturated heterocycles. The van der Waals surface area contributed by atoms with Gasteiger partial charge in [-0.05, 0) is 48.6 Å². The Hall–Kier alpha value is -3.45. The van der Waals surface area contributed by atoms with E-state index in [2.05, 4.69) is 36.3 Å². The number of carbonyl (C=O) groups excluding carboxylic acids is 1. The average molecular weight is 448 g/mol. The van der Waals surface area contributed by atoms with Crippen molar-refractivity contribution in [2.45, 2.75) is 26.8 Å². The van der Waals surface area contributed by atoms with Gasteiger partial charge in [0.15, 0.2) is 0 Å². The summed E-state index contributed by atoms with van der Waals surface area (Å²) in [6.45, 7) is 4.50. The van der Waals surface area contributed by atoms with Crippen LogP contribution in [-0.4, -0.2) is 29.1 Å². The second-order valence-corrected chi connectivity index (χ2v) is 8.58. The van der Waals surface area contributed by atoms with Crippen LogP contribution in [-0.2, 0) is 17.8 Å². The third-order valence-corrected chi connectivity index (χ3v) is 6.49. The summed E-state index contributed by atoms with van der Waals surface area (Å²) in [6, 6.07) is 13.9. The van der Waals surface area contributed by atoms with Gasteiger partial charge >= 0.3 is 0 Å². The minimum atomic E-state index is -0.230. The van der Waals surface area contributed by atoms with Crippen LogP contribution in [0.3, 0.4) is 0 Å². The van der Waals surface area contributed by atoms with Crippen LogP contribution < -0.4 is 15.6 Å². The molecule has 0 saturated carbocycles. The van der Waals surface area contributed by atoms with Crippen molar-refractivity contribution in [2.24, 2.45) is 0 Å². The van der Waals surface area contributed by atoms with E-state index in [1.807, 2.05) is 35.7 Å². The van der Waals surface area contributed by atoms with Crippen molar-refractivity contribution < 1.29 is 9.53 Å². The molecule has 0 fully saturated rings. The number of rotatable bonds is 7. The molecule has 2 heterocycles. The van der Waals surface area contributed by atoms with Gasteiger partial charge in [0.25, 0.3) is 5.56 Å². The highest BCUT2D eigenvalue weighted by atomic mass is 32.1. The summed E-state index contributed by atoms with van der Waals surface area (Å²) in [5.41, 5.74) is 5.03. The molecular formula is C25H25N3O3S. The summed E-state index contributed by atoms with van der Waals surface area (Å²) in [4.78, 5) is 30.8. The Labute approximate surface area is 190 Å². The maximum atomic E-state index is 13.2. The highest BCUT2D eigenvalue weighted by molar-refractivity contribution is 7.17. The molecule has 6 nitrogen and oxygen atoms in total. The van der Waals surface area contributed by atoms with Gasteiger partial charge in [-0.15, -0.1) is 11.3 Å². The normalized spacial score (nSPS) is 11.0. The lowest BCUT2D eigenvalue weighted by Gasteiger charge is -2.10. The number of ether oxygens (including phenoxy) is 1. The number of carbonyl (C=O) groups is 1. The summed E-state index contributed by atoms with van der Waals surface area (Å²) in [7, 11) is 1.63. The third kappa shape index (κ3) is 4.43. The van der Waals surface area contributed by atoms with E-state index in [9.17, 15) is 9.59 Å². The largest absolute Gasteiger partial charge is 0.496 e. The van der Waals surface area contributed by atoms with Crippen LogP contribution in [0.2, 0.25) is 0 Å². The predicted octanol–water partition coefficient (Wildman–Crippen LogP) is 4.11. The summed E-state index contributed by atoms with van der Waals surface area (Å²) in [6.07, 6.45) is 2.09. The first-order valence-electron chi connectivity index (χ1n) is 10.4. The number of aryl methyl sites for hydroxylation is 2. The van der Waals surface area contributed by atoms with Crippen LogP contribution >= 0.6 is 11.3 Å². The highest BCUT2D eigenvalue weighted by Crippen LogP contribution is 2.31. The maximum absolute atomic E-state index is 13.2. The van der Waals surface area contributed by atoms with Crippen LogP contribution in [0.4, 0.5) is 0 Å². The molecule has 7 heteroatoms. The third-order valence-electron chi connectivity index (χ3n) is 5.60. The van der Waals surface area contributed by atoms with Gasteiger partial charge in [-0.2, -0.15) is 0 Å². The number of fused-ring (bicyclic) bond motifs is 1. The topological polar surface area (TPSA) is 73.2 Å². The van der Waals surface area contributed by atoms with E-state index in [1.54, 1.807) is 7.11 Å². The lowest BCUT2D eigenvalue weighted by Crippen LogP contribution is -2.33. The minimum Gasteiger partial charge on any atom is -0.496 e. The zero-order valence-electron chi connectivity index (χ0n) is 18.3. The van der Waals surface area contributed by atoms with E-state index in [0.29, 0.717) is 23.2 Å². The van der Waals surface area contributed by atoms with Crippen LogP contribution in [0.25, 0.3) is 21.3 Å². The smallest absolute Gasteiger partial charge is 0.263 e. The van der Waals surface area contributed by atoms with Crippen LogP contribution in [0.15, 0.2) is 59.0 Å². The van der Waals surface area contributed by atoms with Crippen molar-refractivity contribution in [3.63, 3.8) is 0 Å². The molecule has 32 heavy (non-hydrogen) atoms. The van der Waals surface area contributed by atoms with E-state index in [0.717, 1.165) is 22.4 Å². The lowest BCUT2D eigenvalue weighted by molar-refractivity contribution is -0.121. The van der Waals surface area contributed by atoms with Crippen molar-refractivity contribution in [2.75, 3.05) is 13.7 Å². The fourth-order valence-electron chi connectivity index (χ4n) is 3.66. The summed E-state index contributed by atoms with van der Waals surface area (Å²) in [5.74, 6) is 0.565. The van der Waals surface area contributed by atoms with E-state index in [1.165, 1.54) is 33.4 Å². The minimum absolute atomic E-state index is 0.0735. The van der Waals surface area contributed by atoms with Crippen LogP contribution in [0.1, 0.15) is 16.7 Å². The van der Waals surface area contributed by atoms with E-state index in [-0.39, 0.29) is 18.0 Å². The Balaban J connectivity index is 1.51.